The number of nitrogens with two attached hydrogens (primary N) is 1. The highest BCUT2D eigenvalue weighted by atomic mass is 127. The van der Waals surface area contributed by atoms with Crippen molar-refractivity contribution in [1.82, 2.24) is 14.6 Å². The maximum Gasteiger partial charge on any atom is 0.193 e. The Morgan fingerprint density at radius 3 is 2.68 bits per heavy atom. The van der Waals surface area contributed by atoms with Crippen LogP contribution in [-0.2, 0) is 6.42 Å². The molecule has 0 saturated carbocycles. The molecule has 0 aliphatic heterocycles. The molecule has 6 nitrogen and oxygen atoms in total. The maximum atomic E-state index is 5.85. The minimum Gasteiger partial charge on any atom is -0.370 e. The number of aliphatic imine (C=N–C) groups is 1. The highest BCUT2D eigenvalue weighted by Gasteiger charge is 2.03. The molecular formula is C15H17IN6. The lowest BCUT2D eigenvalue weighted by molar-refractivity contribution is 0.847. The summed E-state index contributed by atoms with van der Waals surface area (Å²) in [7, 11) is 0. The van der Waals surface area contributed by atoms with Gasteiger partial charge in [0.05, 0.1) is 0 Å². The largest absolute Gasteiger partial charge is 0.370 e. The van der Waals surface area contributed by atoms with Crippen molar-refractivity contribution in [3.63, 3.8) is 0 Å². The minimum absolute atomic E-state index is 0. The lowest BCUT2D eigenvalue weighted by Crippen LogP contribution is -2.23. The molecule has 0 amide bonds. The zero-order chi connectivity index (χ0) is 14.5. The summed E-state index contributed by atoms with van der Waals surface area (Å²) in [4.78, 5) is 4.30. The van der Waals surface area contributed by atoms with Crippen molar-refractivity contribution < 1.29 is 0 Å². The Hall–Kier alpha value is -2.16. The lowest BCUT2D eigenvalue weighted by atomic mass is 10.3. The monoisotopic (exact) mass is 408 g/mol. The summed E-state index contributed by atoms with van der Waals surface area (Å²) in [5.74, 6) is 1.27. The predicted octanol–water partition coefficient (Wildman–Crippen LogP) is 2.32. The molecule has 1 aromatic carbocycles. The second kappa shape index (κ2) is 7.74. The van der Waals surface area contributed by atoms with Gasteiger partial charge in [-0.2, -0.15) is 0 Å². The number of guanidine groups is 1. The quantitative estimate of drug-likeness (QED) is 0.395. The van der Waals surface area contributed by atoms with Gasteiger partial charge in [0.15, 0.2) is 11.6 Å². The molecule has 7 heteroatoms. The Bertz CT molecular complexity index is 753. The highest BCUT2D eigenvalue weighted by Crippen LogP contribution is 2.05. The van der Waals surface area contributed by atoms with Gasteiger partial charge in [-0.15, -0.1) is 34.2 Å². The van der Waals surface area contributed by atoms with E-state index in [1.807, 2.05) is 59.1 Å². The van der Waals surface area contributed by atoms with E-state index < -0.39 is 0 Å². The molecule has 2 heterocycles. The first-order valence-electron chi connectivity index (χ1n) is 6.73. The number of nitrogens with zero attached hydrogens (tertiary/aromatic N) is 4. The summed E-state index contributed by atoms with van der Waals surface area (Å²) >= 11 is 0. The number of fused-ring (bicyclic) bond motifs is 1. The van der Waals surface area contributed by atoms with Gasteiger partial charge in [-0.3, -0.25) is 9.39 Å². The summed E-state index contributed by atoms with van der Waals surface area (Å²) in [6.45, 7) is 0.557. The number of halogens is 1. The van der Waals surface area contributed by atoms with Crippen LogP contribution in [0.5, 0.6) is 0 Å². The van der Waals surface area contributed by atoms with E-state index >= 15 is 0 Å². The molecule has 0 unspecified atom stereocenters. The van der Waals surface area contributed by atoms with Gasteiger partial charge in [-0.1, -0.05) is 24.3 Å². The Balaban J connectivity index is 0.00000176. The number of anilines is 1. The van der Waals surface area contributed by atoms with Crippen LogP contribution in [0.25, 0.3) is 5.65 Å². The van der Waals surface area contributed by atoms with Crippen molar-refractivity contribution in [2.45, 2.75) is 6.42 Å². The molecule has 0 radical (unpaired) electrons. The van der Waals surface area contributed by atoms with Crippen LogP contribution in [0, 0.1) is 0 Å². The molecule has 0 atom stereocenters. The third-order valence-corrected chi connectivity index (χ3v) is 3.05. The van der Waals surface area contributed by atoms with Crippen molar-refractivity contribution >= 4 is 41.3 Å². The Morgan fingerprint density at radius 1 is 1.09 bits per heavy atom. The lowest BCUT2D eigenvalue weighted by Gasteiger charge is -2.04. The van der Waals surface area contributed by atoms with Crippen LogP contribution in [0.2, 0.25) is 0 Å². The summed E-state index contributed by atoms with van der Waals surface area (Å²) in [5, 5.41) is 11.3. The van der Waals surface area contributed by atoms with Crippen LogP contribution in [0.15, 0.2) is 59.7 Å². The number of pyridine rings is 1. The van der Waals surface area contributed by atoms with Crippen LogP contribution in [0.3, 0.4) is 0 Å². The standard InChI is InChI=1S/C15H16N6.HI/c16-15(18-12-6-2-1-3-7-12)17-10-9-14-20-19-13-8-4-5-11-21(13)14;/h1-8,11H,9-10H2,(H3,16,17,18);1H. The van der Waals surface area contributed by atoms with Crippen LogP contribution < -0.4 is 11.1 Å². The molecular weight excluding hydrogens is 391 g/mol. The smallest absolute Gasteiger partial charge is 0.193 e. The van der Waals surface area contributed by atoms with Crippen LogP contribution in [-0.4, -0.2) is 27.1 Å². The molecule has 0 aliphatic carbocycles. The second-order valence-corrected chi connectivity index (χ2v) is 4.55. The van der Waals surface area contributed by atoms with E-state index in [1.54, 1.807) is 0 Å². The van der Waals surface area contributed by atoms with Gasteiger partial charge in [0, 0.05) is 24.8 Å². The van der Waals surface area contributed by atoms with Crippen LogP contribution in [0.1, 0.15) is 5.82 Å². The van der Waals surface area contributed by atoms with Gasteiger partial charge < -0.3 is 11.1 Å². The first-order chi connectivity index (χ1) is 10.3. The summed E-state index contributed by atoms with van der Waals surface area (Å²) in [6.07, 6.45) is 2.63. The number of aromatic nitrogens is 3. The van der Waals surface area contributed by atoms with E-state index in [9.17, 15) is 0 Å². The normalized spacial score (nSPS) is 11.2. The molecule has 22 heavy (non-hydrogen) atoms. The zero-order valence-corrected chi connectivity index (χ0v) is 14.2. The number of hydrogen-bond donors (Lipinski definition) is 2. The van der Waals surface area contributed by atoms with E-state index in [0.717, 1.165) is 17.2 Å². The van der Waals surface area contributed by atoms with Gasteiger partial charge in [0.2, 0.25) is 0 Å². The second-order valence-electron chi connectivity index (χ2n) is 4.55. The molecule has 0 saturated heterocycles. The topological polar surface area (TPSA) is 80.6 Å². The first-order valence-corrected chi connectivity index (χ1v) is 6.73. The average Bonchev–Trinajstić information content (AvgIpc) is 2.92. The van der Waals surface area contributed by atoms with E-state index in [4.69, 9.17) is 5.73 Å². The summed E-state index contributed by atoms with van der Waals surface area (Å²) in [5.41, 5.74) is 7.62. The van der Waals surface area contributed by atoms with E-state index in [0.29, 0.717) is 18.9 Å². The summed E-state index contributed by atoms with van der Waals surface area (Å²) in [6, 6.07) is 15.5. The van der Waals surface area contributed by atoms with E-state index in [2.05, 4.69) is 20.5 Å². The number of rotatable bonds is 4. The number of nitrogens with one attached hydrogen (secondary N) is 1. The van der Waals surface area contributed by atoms with Crippen molar-refractivity contribution in [1.29, 1.82) is 0 Å². The van der Waals surface area contributed by atoms with Crippen LogP contribution in [0.4, 0.5) is 5.69 Å². The fraction of sp³-hybridized carbons (Fsp3) is 0.133. The zero-order valence-electron chi connectivity index (χ0n) is 11.9. The number of benzene rings is 1. The molecule has 3 rings (SSSR count). The Morgan fingerprint density at radius 2 is 1.86 bits per heavy atom. The fourth-order valence-electron chi connectivity index (χ4n) is 2.05. The molecule has 3 N–H and O–H groups in total. The van der Waals surface area contributed by atoms with Gasteiger partial charge in [0.25, 0.3) is 0 Å². The molecule has 2 aromatic heterocycles. The Kier molecular flexibility index (Phi) is 5.70. The molecule has 0 spiro atoms. The third-order valence-electron chi connectivity index (χ3n) is 3.05. The van der Waals surface area contributed by atoms with Crippen molar-refractivity contribution in [2.24, 2.45) is 10.7 Å². The SMILES string of the molecule is I.NC(=NCCc1nnc2ccccn12)Nc1ccccc1. The number of para-hydroxylation sites is 1. The van der Waals surface area contributed by atoms with E-state index in [1.165, 1.54) is 0 Å². The van der Waals surface area contributed by atoms with Crippen molar-refractivity contribution in [2.75, 3.05) is 11.9 Å². The summed E-state index contributed by atoms with van der Waals surface area (Å²) < 4.78 is 1.95. The predicted molar refractivity (Wildman–Crippen MR) is 98.7 cm³/mol. The van der Waals surface area contributed by atoms with Gasteiger partial charge in [0.1, 0.15) is 5.82 Å². The van der Waals surface area contributed by atoms with E-state index in [-0.39, 0.29) is 24.0 Å². The molecule has 3 aromatic rings. The van der Waals surface area contributed by atoms with Crippen molar-refractivity contribution in [3.8, 4) is 0 Å². The highest BCUT2D eigenvalue weighted by molar-refractivity contribution is 14.0. The Labute approximate surface area is 145 Å². The maximum absolute atomic E-state index is 5.85. The fourth-order valence-corrected chi connectivity index (χ4v) is 2.05. The average molecular weight is 408 g/mol. The first kappa shape index (κ1) is 16.2. The molecule has 0 bridgehead atoms. The van der Waals surface area contributed by atoms with Gasteiger partial charge >= 0.3 is 0 Å². The van der Waals surface area contributed by atoms with Crippen molar-refractivity contribution in [3.05, 3.63) is 60.6 Å². The minimum atomic E-state index is 0. The van der Waals surface area contributed by atoms with Crippen LogP contribution >= 0.6 is 24.0 Å². The van der Waals surface area contributed by atoms with Gasteiger partial charge in [-0.25, -0.2) is 0 Å². The molecule has 0 aliphatic rings. The molecule has 0 fully saturated rings. The molecule has 114 valence electrons. The third kappa shape index (κ3) is 3.94. The number of hydrogen-bond acceptors (Lipinski definition) is 3. The van der Waals surface area contributed by atoms with Gasteiger partial charge in [-0.05, 0) is 24.3 Å².